The van der Waals surface area contributed by atoms with Gasteiger partial charge in [-0.2, -0.15) is 0 Å². The topological polar surface area (TPSA) is 285 Å². The van der Waals surface area contributed by atoms with Crippen LogP contribution in [0.5, 0.6) is 5.75 Å². The number of unbranched alkanes of at least 4 members (excludes halogenated alkanes) is 1. The summed E-state index contributed by atoms with van der Waals surface area (Å²) in [6.07, 6.45) is 3.64. The first-order chi connectivity index (χ1) is 26.2. The maximum absolute atomic E-state index is 14.1. The molecule has 314 valence electrons. The van der Waals surface area contributed by atoms with Crippen LogP contribution in [0, 0.1) is 17.3 Å². The van der Waals surface area contributed by atoms with Crippen molar-refractivity contribution in [3.05, 3.63) is 29.8 Å². The zero-order valence-electron chi connectivity index (χ0n) is 33.8. The molecule has 0 radical (unpaired) electrons. The number of phenolic OH excluding ortho intramolecular Hbond substituents is 1. The van der Waals surface area contributed by atoms with E-state index in [1.165, 1.54) is 17.0 Å². The average Bonchev–Trinajstić information content (AvgIpc) is 3.61. The van der Waals surface area contributed by atoms with Gasteiger partial charge in [-0.1, -0.05) is 60.1 Å². The van der Waals surface area contributed by atoms with E-state index in [0.29, 0.717) is 37.8 Å². The minimum Gasteiger partial charge on any atom is -0.508 e. The Hall–Kier alpha value is -4.93. The van der Waals surface area contributed by atoms with Gasteiger partial charge in [0.2, 0.25) is 29.5 Å². The van der Waals surface area contributed by atoms with Crippen LogP contribution >= 0.6 is 0 Å². The number of nitrogens with one attached hydrogen (secondary N) is 4. The van der Waals surface area contributed by atoms with Crippen molar-refractivity contribution in [3.63, 3.8) is 0 Å². The van der Waals surface area contributed by atoms with E-state index in [2.05, 4.69) is 26.3 Å². The number of guanidine groups is 1. The fourth-order valence-electron chi connectivity index (χ4n) is 6.52. The normalized spacial score (nSPS) is 16.9. The zero-order valence-corrected chi connectivity index (χ0v) is 33.8. The van der Waals surface area contributed by atoms with Crippen LogP contribution in [0.25, 0.3) is 0 Å². The number of aliphatic imine (C=N–C) groups is 1. The molecule has 12 N–H and O–H groups in total. The minimum absolute atomic E-state index is 0.00245. The summed E-state index contributed by atoms with van der Waals surface area (Å²) in [5.74, 6) is -4.46. The van der Waals surface area contributed by atoms with Crippen LogP contribution < -0.4 is 38.5 Å². The summed E-state index contributed by atoms with van der Waals surface area (Å²) in [4.78, 5) is 86.4. The molecule has 1 heterocycles. The Morgan fingerprint density at radius 2 is 1.50 bits per heavy atom. The molecule has 0 aliphatic carbocycles. The Morgan fingerprint density at radius 1 is 0.857 bits per heavy atom. The van der Waals surface area contributed by atoms with Crippen molar-refractivity contribution in [3.8, 4) is 5.75 Å². The third-order valence-corrected chi connectivity index (χ3v) is 9.68. The number of carbonyl (C=O) groups is 6. The molecule has 17 nitrogen and oxygen atoms in total. The molecule has 1 fully saturated rings. The number of phenols is 1. The number of nitrogens with zero attached hydrogens (tertiary/aromatic N) is 2. The van der Waals surface area contributed by atoms with Crippen LogP contribution in [0.4, 0.5) is 0 Å². The van der Waals surface area contributed by atoms with Gasteiger partial charge < -0.3 is 53.6 Å². The lowest BCUT2D eigenvalue weighted by atomic mass is 9.85. The molecule has 6 atom stereocenters. The summed E-state index contributed by atoms with van der Waals surface area (Å²) in [6.45, 7) is 11.6. The molecule has 1 aromatic rings. The van der Waals surface area contributed by atoms with Crippen molar-refractivity contribution in [2.24, 2.45) is 39.4 Å². The summed E-state index contributed by atoms with van der Waals surface area (Å²) in [7, 11) is 0. The highest BCUT2D eigenvalue weighted by Gasteiger charge is 2.41. The van der Waals surface area contributed by atoms with Crippen molar-refractivity contribution < 1.29 is 39.0 Å². The second kappa shape index (κ2) is 22.6. The van der Waals surface area contributed by atoms with Gasteiger partial charge in [0, 0.05) is 25.4 Å². The molecule has 0 bridgehead atoms. The smallest absolute Gasteiger partial charge is 0.326 e. The summed E-state index contributed by atoms with van der Waals surface area (Å²) in [6, 6.07) is 0.537. The van der Waals surface area contributed by atoms with Crippen molar-refractivity contribution in [2.75, 3.05) is 19.6 Å². The highest BCUT2D eigenvalue weighted by atomic mass is 16.4. The summed E-state index contributed by atoms with van der Waals surface area (Å²) >= 11 is 0. The summed E-state index contributed by atoms with van der Waals surface area (Å²) < 4.78 is 0. The van der Waals surface area contributed by atoms with E-state index < -0.39 is 65.2 Å². The molecule has 1 aliphatic rings. The maximum atomic E-state index is 14.1. The SMILES string of the molecule is CC(C)C[C@H](NC(=O)[C@@H](NC(=O)[C@H](Cc1ccc(O)cc1)NC(=O)[C@@H]1CCCN1C(=O)[C@H](CCCN=C(N)N)NC(=O)[C@@H](C)CCCCN)C(C)(C)C)C(=O)O. The second-order valence-electron chi connectivity index (χ2n) is 16.2. The van der Waals surface area contributed by atoms with Gasteiger partial charge in [0.25, 0.3) is 0 Å². The summed E-state index contributed by atoms with van der Waals surface area (Å²) in [5.41, 5.74) is 16.3. The number of nitrogens with two attached hydrogens (primary N) is 3. The van der Waals surface area contributed by atoms with E-state index >= 15 is 0 Å². The van der Waals surface area contributed by atoms with Crippen molar-refractivity contribution >= 4 is 41.5 Å². The lowest BCUT2D eigenvalue weighted by molar-refractivity contribution is -0.144. The number of hydrogen-bond acceptors (Lipinski definition) is 9. The highest BCUT2D eigenvalue weighted by molar-refractivity contribution is 5.96. The summed E-state index contributed by atoms with van der Waals surface area (Å²) in [5, 5.41) is 30.6. The van der Waals surface area contributed by atoms with Gasteiger partial charge in [-0.3, -0.25) is 29.0 Å². The first-order valence-corrected chi connectivity index (χ1v) is 19.5. The number of benzene rings is 1. The van der Waals surface area contributed by atoms with E-state index in [1.807, 2.05) is 13.8 Å². The second-order valence-corrected chi connectivity index (χ2v) is 16.2. The van der Waals surface area contributed by atoms with E-state index in [4.69, 9.17) is 17.2 Å². The van der Waals surface area contributed by atoms with E-state index in [1.54, 1.807) is 39.8 Å². The molecule has 56 heavy (non-hydrogen) atoms. The maximum Gasteiger partial charge on any atom is 0.326 e. The van der Waals surface area contributed by atoms with E-state index in [0.717, 1.165) is 12.8 Å². The molecular weight excluding hydrogens is 722 g/mol. The van der Waals surface area contributed by atoms with Gasteiger partial charge in [-0.05, 0) is 80.5 Å². The van der Waals surface area contributed by atoms with Gasteiger partial charge in [0.15, 0.2) is 5.96 Å². The molecule has 0 unspecified atom stereocenters. The van der Waals surface area contributed by atoms with Gasteiger partial charge in [-0.15, -0.1) is 0 Å². The Morgan fingerprint density at radius 3 is 2.07 bits per heavy atom. The Balaban J connectivity index is 2.37. The standard InChI is InChI=1S/C39H65N9O8/c1-23(2)21-29(37(55)56)46-35(53)31(39(4,5)6)47-33(51)28(22-25-14-16-26(49)17-15-25)45-34(52)30-13-10-20-48(30)36(54)27(12-9-19-43-38(41)42)44-32(50)24(3)11-7-8-18-40/h14-17,23-24,27-31,49H,7-13,18-22,40H2,1-6H3,(H,44,50)(H,45,52)(H,46,53)(H,47,51)(H,55,56)(H4,41,42,43)/t24-,27-,28-,29-,30-,31+/m0/s1. The largest absolute Gasteiger partial charge is 0.508 e. The first-order valence-electron chi connectivity index (χ1n) is 19.5. The molecule has 1 aromatic carbocycles. The van der Waals surface area contributed by atoms with Gasteiger partial charge in [0.1, 0.15) is 36.0 Å². The number of amides is 5. The molecule has 0 saturated carbocycles. The van der Waals surface area contributed by atoms with E-state index in [9.17, 15) is 39.0 Å². The van der Waals surface area contributed by atoms with Crippen LogP contribution in [0.15, 0.2) is 29.3 Å². The molecule has 0 spiro atoms. The van der Waals surface area contributed by atoms with Crippen LogP contribution in [0.2, 0.25) is 0 Å². The third kappa shape index (κ3) is 15.7. The van der Waals surface area contributed by atoms with Crippen LogP contribution in [-0.4, -0.2) is 106 Å². The monoisotopic (exact) mass is 787 g/mol. The molecule has 5 amide bonds. The number of carboxylic acid groups (broad SMARTS) is 1. The van der Waals surface area contributed by atoms with Gasteiger partial charge in [-0.25, -0.2) is 4.79 Å². The van der Waals surface area contributed by atoms with Crippen molar-refractivity contribution in [1.82, 2.24) is 26.2 Å². The predicted octanol–water partition coefficient (Wildman–Crippen LogP) is 0.860. The Bertz CT molecular complexity index is 1510. The number of likely N-dealkylation sites (tertiary alicyclic amines) is 1. The average molecular weight is 788 g/mol. The number of aromatic hydroxyl groups is 1. The van der Waals surface area contributed by atoms with Crippen molar-refractivity contribution in [2.45, 2.75) is 130 Å². The molecule has 2 rings (SSSR count). The number of hydrogen-bond donors (Lipinski definition) is 9. The predicted molar refractivity (Wildman–Crippen MR) is 213 cm³/mol. The molecule has 1 saturated heterocycles. The number of rotatable bonds is 22. The van der Waals surface area contributed by atoms with Crippen LogP contribution in [-0.2, 0) is 35.2 Å². The highest BCUT2D eigenvalue weighted by Crippen LogP contribution is 2.23. The fraction of sp³-hybridized carbons (Fsp3) is 0.667. The molecular formula is C39H65N9O8. The number of aliphatic carboxylic acids is 1. The van der Waals surface area contributed by atoms with Crippen LogP contribution in [0.3, 0.4) is 0 Å². The fourth-order valence-corrected chi connectivity index (χ4v) is 6.52. The molecule has 0 aromatic heterocycles. The molecule has 17 heteroatoms. The third-order valence-electron chi connectivity index (χ3n) is 9.68. The van der Waals surface area contributed by atoms with Crippen molar-refractivity contribution in [1.29, 1.82) is 0 Å². The van der Waals surface area contributed by atoms with Crippen LogP contribution in [0.1, 0.15) is 98.5 Å². The number of carboxylic acids is 1. The Labute approximate surface area is 330 Å². The number of carbonyl (C=O) groups excluding carboxylic acids is 5. The first kappa shape index (κ1) is 47.2. The molecule has 1 aliphatic heterocycles. The van der Waals surface area contributed by atoms with E-state index in [-0.39, 0.29) is 61.8 Å². The minimum atomic E-state index is -1.24. The lowest BCUT2D eigenvalue weighted by Gasteiger charge is -2.33. The van der Waals surface area contributed by atoms with Gasteiger partial charge in [0.05, 0.1) is 0 Å². The lowest BCUT2D eigenvalue weighted by Crippen LogP contribution is -2.61. The quantitative estimate of drug-likeness (QED) is 0.0451. The zero-order chi connectivity index (χ0) is 42.2. The Kier molecular flexibility index (Phi) is 19.0. The van der Waals surface area contributed by atoms with Gasteiger partial charge >= 0.3 is 5.97 Å².